The summed E-state index contributed by atoms with van der Waals surface area (Å²) in [6.07, 6.45) is 4.37. The van der Waals surface area contributed by atoms with E-state index in [1.165, 1.54) is 12.8 Å². The molecule has 1 aliphatic carbocycles. The van der Waals surface area contributed by atoms with Crippen LogP contribution in [0.5, 0.6) is 0 Å². The third-order valence-corrected chi connectivity index (χ3v) is 3.32. The fourth-order valence-electron chi connectivity index (χ4n) is 2.07. The first-order chi connectivity index (χ1) is 7.09. The van der Waals surface area contributed by atoms with E-state index in [1.54, 1.807) is 0 Å². The maximum atomic E-state index is 12.0. The zero-order valence-corrected chi connectivity index (χ0v) is 9.72. The first kappa shape index (κ1) is 10.5. The summed E-state index contributed by atoms with van der Waals surface area (Å²) in [5.74, 6) is 2.74. The minimum Gasteiger partial charge on any atom is -0.466 e. The SMILES string of the molecule is Cc1oc(C)c(C(=O)CCC2CC2)c1C. The van der Waals surface area contributed by atoms with E-state index in [0.29, 0.717) is 6.42 Å². The third-order valence-electron chi connectivity index (χ3n) is 3.32. The molecule has 0 bridgehead atoms. The highest BCUT2D eigenvalue weighted by atomic mass is 16.3. The van der Waals surface area contributed by atoms with Gasteiger partial charge in [-0.05, 0) is 33.1 Å². The van der Waals surface area contributed by atoms with Crippen LogP contribution in [0.4, 0.5) is 0 Å². The zero-order valence-electron chi connectivity index (χ0n) is 9.72. The van der Waals surface area contributed by atoms with Crippen molar-refractivity contribution in [2.45, 2.75) is 46.5 Å². The van der Waals surface area contributed by atoms with Gasteiger partial charge in [0.2, 0.25) is 0 Å². The van der Waals surface area contributed by atoms with Gasteiger partial charge in [0.15, 0.2) is 5.78 Å². The van der Waals surface area contributed by atoms with Crippen LogP contribution in [0.15, 0.2) is 4.42 Å². The van der Waals surface area contributed by atoms with Gasteiger partial charge in [-0.3, -0.25) is 4.79 Å². The molecule has 2 heteroatoms. The number of hydrogen-bond donors (Lipinski definition) is 0. The molecule has 0 saturated heterocycles. The van der Waals surface area contributed by atoms with Gasteiger partial charge in [-0.1, -0.05) is 12.8 Å². The molecule has 0 N–H and O–H groups in total. The van der Waals surface area contributed by atoms with Gasteiger partial charge in [-0.15, -0.1) is 0 Å². The second-order valence-corrected chi connectivity index (χ2v) is 4.62. The van der Waals surface area contributed by atoms with Crippen LogP contribution in [-0.2, 0) is 0 Å². The van der Waals surface area contributed by atoms with Crippen molar-refractivity contribution in [3.05, 3.63) is 22.6 Å². The predicted octanol–water partition coefficient (Wildman–Crippen LogP) is 3.58. The fourth-order valence-corrected chi connectivity index (χ4v) is 2.07. The molecule has 1 aromatic heterocycles. The minimum atomic E-state index is 0.258. The number of rotatable bonds is 4. The third kappa shape index (κ3) is 2.14. The van der Waals surface area contributed by atoms with Crippen molar-refractivity contribution in [3.8, 4) is 0 Å². The Labute approximate surface area is 90.7 Å². The van der Waals surface area contributed by atoms with Crippen LogP contribution in [0.25, 0.3) is 0 Å². The molecular formula is C13H18O2. The average molecular weight is 206 g/mol. The van der Waals surface area contributed by atoms with Gasteiger partial charge in [-0.2, -0.15) is 0 Å². The first-order valence-corrected chi connectivity index (χ1v) is 5.69. The largest absolute Gasteiger partial charge is 0.466 e. The van der Waals surface area contributed by atoms with Crippen LogP contribution in [0.2, 0.25) is 0 Å². The van der Waals surface area contributed by atoms with Gasteiger partial charge in [0.25, 0.3) is 0 Å². The number of carbonyl (C=O) groups excluding carboxylic acids is 1. The molecule has 0 atom stereocenters. The van der Waals surface area contributed by atoms with Gasteiger partial charge in [0, 0.05) is 12.0 Å². The summed E-state index contributed by atoms with van der Waals surface area (Å²) in [7, 11) is 0. The molecule has 82 valence electrons. The predicted molar refractivity (Wildman–Crippen MR) is 59.2 cm³/mol. The first-order valence-electron chi connectivity index (χ1n) is 5.69. The second kappa shape index (κ2) is 3.84. The lowest BCUT2D eigenvalue weighted by atomic mass is 10.0. The molecule has 15 heavy (non-hydrogen) atoms. The molecule has 1 heterocycles. The molecule has 2 nitrogen and oxygen atoms in total. The Kier molecular flexibility index (Phi) is 2.68. The van der Waals surface area contributed by atoms with E-state index < -0.39 is 0 Å². The summed E-state index contributed by atoms with van der Waals surface area (Å²) < 4.78 is 5.47. The Hall–Kier alpha value is -1.05. The quantitative estimate of drug-likeness (QED) is 0.705. The van der Waals surface area contributed by atoms with E-state index >= 15 is 0 Å². The number of ketones is 1. The smallest absolute Gasteiger partial charge is 0.166 e. The van der Waals surface area contributed by atoms with Gasteiger partial charge >= 0.3 is 0 Å². The van der Waals surface area contributed by atoms with Crippen molar-refractivity contribution in [1.82, 2.24) is 0 Å². The van der Waals surface area contributed by atoms with Crippen molar-refractivity contribution in [1.29, 1.82) is 0 Å². The lowest BCUT2D eigenvalue weighted by Gasteiger charge is -1.99. The number of aryl methyl sites for hydroxylation is 2. The highest BCUT2D eigenvalue weighted by Gasteiger charge is 2.24. The van der Waals surface area contributed by atoms with Crippen LogP contribution in [0.1, 0.15) is 53.1 Å². The van der Waals surface area contributed by atoms with Crippen molar-refractivity contribution in [2.75, 3.05) is 0 Å². The van der Waals surface area contributed by atoms with Crippen molar-refractivity contribution in [3.63, 3.8) is 0 Å². The topological polar surface area (TPSA) is 30.2 Å². The van der Waals surface area contributed by atoms with E-state index in [1.807, 2.05) is 20.8 Å². The van der Waals surface area contributed by atoms with E-state index in [-0.39, 0.29) is 5.78 Å². The Bertz CT molecular complexity index is 383. The monoisotopic (exact) mass is 206 g/mol. The Morgan fingerprint density at radius 2 is 1.93 bits per heavy atom. The molecule has 0 unspecified atom stereocenters. The Balaban J connectivity index is 2.09. The van der Waals surface area contributed by atoms with Crippen LogP contribution >= 0.6 is 0 Å². The standard InChI is InChI=1S/C13H18O2/c1-8-9(2)15-10(3)13(8)12(14)7-6-11-4-5-11/h11H,4-7H2,1-3H3. The number of Topliss-reactive ketones (excluding diaryl/α,β-unsaturated/α-hetero) is 1. The summed E-state index contributed by atoms with van der Waals surface area (Å²) in [5, 5.41) is 0. The summed E-state index contributed by atoms with van der Waals surface area (Å²) in [5.41, 5.74) is 1.85. The normalized spacial score (nSPS) is 15.7. The molecule has 1 aliphatic rings. The van der Waals surface area contributed by atoms with Gasteiger partial charge < -0.3 is 4.42 Å². The minimum absolute atomic E-state index is 0.258. The maximum absolute atomic E-state index is 12.0. The van der Waals surface area contributed by atoms with E-state index in [2.05, 4.69) is 0 Å². The molecule has 2 rings (SSSR count). The molecular weight excluding hydrogens is 188 g/mol. The lowest BCUT2D eigenvalue weighted by Crippen LogP contribution is -2.02. The van der Waals surface area contributed by atoms with E-state index in [4.69, 9.17) is 4.42 Å². The molecule has 1 fully saturated rings. The van der Waals surface area contributed by atoms with Crippen LogP contribution in [0, 0.1) is 26.7 Å². The summed E-state index contributed by atoms with van der Waals surface area (Å²) in [4.78, 5) is 12.0. The summed E-state index contributed by atoms with van der Waals surface area (Å²) in [6.45, 7) is 5.76. The van der Waals surface area contributed by atoms with Crippen molar-refractivity contribution < 1.29 is 9.21 Å². The van der Waals surface area contributed by atoms with Crippen molar-refractivity contribution >= 4 is 5.78 Å². The van der Waals surface area contributed by atoms with Crippen molar-refractivity contribution in [2.24, 2.45) is 5.92 Å². The highest BCUT2D eigenvalue weighted by molar-refractivity contribution is 5.98. The van der Waals surface area contributed by atoms with Crippen LogP contribution < -0.4 is 0 Å². The molecule has 0 amide bonds. The molecule has 0 spiro atoms. The van der Waals surface area contributed by atoms with Gasteiger partial charge in [0.05, 0.1) is 5.56 Å². The van der Waals surface area contributed by atoms with E-state index in [0.717, 1.165) is 35.0 Å². The Morgan fingerprint density at radius 1 is 1.27 bits per heavy atom. The van der Waals surface area contributed by atoms with Gasteiger partial charge in [-0.25, -0.2) is 0 Å². The summed E-state index contributed by atoms with van der Waals surface area (Å²) in [6, 6.07) is 0. The second-order valence-electron chi connectivity index (χ2n) is 4.62. The molecule has 1 saturated carbocycles. The molecule has 0 radical (unpaired) electrons. The van der Waals surface area contributed by atoms with Crippen LogP contribution in [-0.4, -0.2) is 5.78 Å². The van der Waals surface area contributed by atoms with Gasteiger partial charge in [0.1, 0.15) is 11.5 Å². The van der Waals surface area contributed by atoms with Crippen LogP contribution in [0.3, 0.4) is 0 Å². The fraction of sp³-hybridized carbons (Fsp3) is 0.615. The lowest BCUT2D eigenvalue weighted by molar-refractivity contribution is 0.0976. The summed E-state index contributed by atoms with van der Waals surface area (Å²) >= 11 is 0. The Morgan fingerprint density at radius 3 is 2.40 bits per heavy atom. The molecule has 0 aromatic carbocycles. The molecule has 0 aliphatic heterocycles. The molecule has 1 aromatic rings. The number of furan rings is 1. The number of hydrogen-bond acceptors (Lipinski definition) is 2. The van der Waals surface area contributed by atoms with E-state index in [9.17, 15) is 4.79 Å². The zero-order chi connectivity index (χ0) is 11.0. The highest BCUT2D eigenvalue weighted by Crippen LogP contribution is 2.34. The maximum Gasteiger partial charge on any atom is 0.166 e. The number of carbonyl (C=O) groups is 1. The average Bonchev–Trinajstić information content (AvgIpc) is 2.94.